The summed E-state index contributed by atoms with van der Waals surface area (Å²) in [6.45, 7) is 6.19. The molecular weight excluding hydrogens is 542 g/mol. The fraction of sp³-hybridized carbons (Fsp3) is 0.346. The molecule has 1 aliphatic rings. The third-order valence-electron chi connectivity index (χ3n) is 6.54. The molecule has 39 heavy (non-hydrogen) atoms. The van der Waals surface area contributed by atoms with E-state index in [9.17, 15) is 13.2 Å². The standard InChI is InChI=1S/C26H32ClN7O4S/c1-5-33-12-14-34(15-13-33)25(35)18-10-11-21(23(16-18)38-3)30-26-28-17-19(27)24(31-26)29-20-8-6-7-9-22(20)32(2)39(4,36)37/h6-11,16-17H,5,12-15H2,1-4H3,(H2,28,29,30,31). The van der Waals surface area contributed by atoms with Gasteiger partial charge in [0.05, 0.1) is 36.6 Å². The summed E-state index contributed by atoms with van der Waals surface area (Å²) in [5.41, 5.74) is 2.03. The van der Waals surface area contributed by atoms with Crippen LogP contribution in [0.5, 0.6) is 5.75 Å². The molecule has 0 bridgehead atoms. The molecule has 208 valence electrons. The van der Waals surface area contributed by atoms with E-state index in [0.717, 1.165) is 25.9 Å². The zero-order chi connectivity index (χ0) is 28.2. The number of likely N-dealkylation sites (N-methyl/N-ethyl adjacent to an activating group) is 1. The Morgan fingerprint density at radius 2 is 1.82 bits per heavy atom. The van der Waals surface area contributed by atoms with Gasteiger partial charge in [-0.3, -0.25) is 9.10 Å². The van der Waals surface area contributed by atoms with E-state index in [0.29, 0.717) is 41.5 Å². The van der Waals surface area contributed by atoms with E-state index in [-0.39, 0.29) is 22.7 Å². The summed E-state index contributed by atoms with van der Waals surface area (Å²) in [6.07, 6.45) is 2.56. The minimum absolute atomic E-state index is 0.0393. The Bertz CT molecular complexity index is 1450. The van der Waals surface area contributed by atoms with Crippen molar-refractivity contribution in [2.45, 2.75) is 6.92 Å². The first-order valence-electron chi connectivity index (χ1n) is 12.4. The Balaban J connectivity index is 1.54. The molecule has 2 aromatic carbocycles. The summed E-state index contributed by atoms with van der Waals surface area (Å²) in [5.74, 6) is 0.924. The van der Waals surface area contributed by atoms with E-state index >= 15 is 0 Å². The zero-order valence-corrected chi connectivity index (χ0v) is 23.9. The van der Waals surface area contributed by atoms with E-state index in [1.165, 1.54) is 24.7 Å². The molecule has 2 heterocycles. The van der Waals surface area contributed by atoms with Crippen molar-refractivity contribution in [2.24, 2.45) is 0 Å². The number of nitrogens with zero attached hydrogens (tertiary/aromatic N) is 5. The molecule has 1 fully saturated rings. The molecule has 0 unspecified atom stereocenters. The van der Waals surface area contributed by atoms with Gasteiger partial charge in [0.2, 0.25) is 16.0 Å². The molecule has 11 nitrogen and oxygen atoms in total. The Labute approximate surface area is 233 Å². The van der Waals surface area contributed by atoms with Crippen LogP contribution in [-0.4, -0.2) is 87.2 Å². The maximum Gasteiger partial charge on any atom is 0.254 e. The first-order valence-corrected chi connectivity index (χ1v) is 14.6. The molecule has 1 saturated heterocycles. The highest BCUT2D eigenvalue weighted by atomic mass is 35.5. The lowest BCUT2D eigenvalue weighted by atomic mass is 10.1. The van der Waals surface area contributed by atoms with E-state index in [1.54, 1.807) is 42.5 Å². The molecule has 0 spiro atoms. The summed E-state index contributed by atoms with van der Waals surface area (Å²) in [6, 6.07) is 12.1. The second kappa shape index (κ2) is 12.1. The molecule has 0 radical (unpaired) electrons. The van der Waals surface area contributed by atoms with Gasteiger partial charge in [-0.2, -0.15) is 4.98 Å². The van der Waals surface area contributed by atoms with Crippen molar-refractivity contribution >= 4 is 56.4 Å². The average Bonchev–Trinajstić information content (AvgIpc) is 2.94. The number of rotatable bonds is 9. The van der Waals surface area contributed by atoms with Gasteiger partial charge in [0, 0.05) is 38.8 Å². The maximum absolute atomic E-state index is 13.1. The first-order chi connectivity index (χ1) is 18.6. The van der Waals surface area contributed by atoms with Gasteiger partial charge >= 0.3 is 0 Å². The van der Waals surface area contributed by atoms with Gasteiger partial charge in [-0.25, -0.2) is 13.4 Å². The number of aromatic nitrogens is 2. The molecular formula is C26H32ClN7O4S. The van der Waals surface area contributed by atoms with Crippen LogP contribution in [0.4, 0.5) is 28.8 Å². The normalized spacial score (nSPS) is 14.1. The predicted octanol–water partition coefficient (Wildman–Crippen LogP) is 3.80. The Hall–Kier alpha value is -3.61. The maximum atomic E-state index is 13.1. The number of benzene rings is 2. The van der Waals surface area contributed by atoms with E-state index < -0.39 is 10.0 Å². The third kappa shape index (κ3) is 6.70. The molecule has 1 aromatic heterocycles. The van der Waals surface area contributed by atoms with Crippen LogP contribution < -0.4 is 19.7 Å². The minimum atomic E-state index is -3.49. The highest BCUT2D eigenvalue weighted by Gasteiger charge is 2.22. The smallest absolute Gasteiger partial charge is 0.254 e. The van der Waals surface area contributed by atoms with Gasteiger partial charge in [-0.15, -0.1) is 0 Å². The molecule has 1 amide bonds. The molecule has 0 atom stereocenters. The number of hydrogen-bond acceptors (Lipinski definition) is 9. The molecule has 4 rings (SSSR count). The molecule has 2 N–H and O–H groups in total. The predicted molar refractivity (Wildman–Crippen MR) is 154 cm³/mol. The molecule has 0 aliphatic carbocycles. The number of amides is 1. The molecule has 0 saturated carbocycles. The van der Waals surface area contributed by atoms with Gasteiger partial charge in [0.25, 0.3) is 5.91 Å². The SMILES string of the molecule is CCN1CCN(C(=O)c2ccc(Nc3ncc(Cl)c(Nc4ccccc4N(C)S(C)(=O)=O)n3)c(OC)c2)CC1. The van der Waals surface area contributed by atoms with Crippen LogP contribution in [0, 0.1) is 0 Å². The topological polar surface area (TPSA) is 120 Å². The van der Waals surface area contributed by atoms with Gasteiger partial charge in [-0.1, -0.05) is 30.7 Å². The second-order valence-corrected chi connectivity index (χ2v) is 11.5. The summed E-state index contributed by atoms with van der Waals surface area (Å²) < 4.78 is 30.9. The van der Waals surface area contributed by atoms with E-state index in [1.807, 2.05) is 4.90 Å². The molecule has 1 aliphatic heterocycles. The largest absolute Gasteiger partial charge is 0.495 e. The first kappa shape index (κ1) is 28.4. The Morgan fingerprint density at radius 1 is 1.10 bits per heavy atom. The second-order valence-electron chi connectivity index (χ2n) is 9.03. The lowest BCUT2D eigenvalue weighted by molar-refractivity contribution is 0.0643. The van der Waals surface area contributed by atoms with Crippen molar-refractivity contribution in [1.82, 2.24) is 19.8 Å². The van der Waals surface area contributed by atoms with E-state index in [4.69, 9.17) is 16.3 Å². The third-order valence-corrected chi connectivity index (χ3v) is 8.01. The average molecular weight is 574 g/mol. The van der Waals surface area contributed by atoms with Crippen molar-refractivity contribution in [3.05, 3.63) is 59.2 Å². The summed E-state index contributed by atoms with van der Waals surface area (Å²) in [4.78, 5) is 26.0. The van der Waals surface area contributed by atoms with Crippen molar-refractivity contribution in [2.75, 3.05) is 68.1 Å². The number of hydrogen-bond donors (Lipinski definition) is 2. The van der Waals surface area contributed by atoms with Crippen LogP contribution in [0.1, 0.15) is 17.3 Å². The van der Waals surface area contributed by atoms with Crippen LogP contribution >= 0.6 is 11.6 Å². The monoisotopic (exact) mass is 573 g/mol. The van der Waals surface area contributed by atoms with Crippen LogP contribution in [0.25, 0.3) is 0 Å². The number of para-hydroxylation sites is 2. The lowest BCUT2D eigenvalue weighted by Crippen LogP contribution is -2.48. The van der Waals surface area contributed by atoms with E-state index in [2.05, 4.69) is 32.4 Å². The highest BCUT2D eigenvalue weighted by molar-refractivity contribution is 7.92. The number of methoxy groups -OCH3 is 1. The molecule has 3 aromatic rings. The number of piperazine rings is 1. The number of ether oxygens (including phenoxy) is 1. The van der Waals surface area contributed by atoms with Crippen LogP contribution in [0.3, 0.4) is 0 Å². The number of carbonyl (C=O) groups is 1. The fourth-order valence-electron chi connectivity index (χ4n) is 4.17. The van der Waals surface area contributed by atoms with Crippen LogP contribution in [-0.2, 0) is 10.0 Å². The van der Waals surface area contributed by atoms with Gasteiger partial charge in [-0.05, 0) is 36.9 Å². The Morgan fingerprint density at radius 3 is 2.49 bits per heavy atom. The van der Waals surface area contributed by atoms with Crippen molar-refractivity contribution in [3.63, 3.8) is 0 Å². The van der Waals surface area contributed by atoms with Crippen molar-refractivity contribution in [1.29, 1.82) is 0 Å². The van der Waals surface area contributed by atoms with Gasteiger partial charge in [0.15, 0.2) is 5.82 Å². The zero-order valence-electron chi connectivity index (χ0n) is 22.3. The number of carbonyl (C=O) groups excluding carboxylic acids is 1. The van der Waals surface area contributed by atoms with Crippen molar-refractivity contribution < 1.29 is 17.9 Å². The quantitative estimate of drug-likeness (QED) is 0.394. The Kier molecular flexibility index (Phi) is 8.78. The number of halogens is 1. The fourth-order valence-corrected chi connectivity index (χ4v) is 4.83. The summed E-state index contributed by atoms with van der Waals surface area (Å²) in [5, 5.41) is 6.46. The summed E-state index contributed by atoms with van der Waals surface area (Å²) in [7, 11) is -0.490. The number of nitrogens with one attached hydrogen (secondary N) is 2. The van der Waals surface area contributed by atoms with Crippen molar-refractivity contribution in [3.8, 4) is 5.75 Å². The van der Waals surface area contributed by atoms with Gasteiger partial charge < -0.3 is 25.2 Å². The lowest BCUT2D eigenvalue weighted by Gasteiger charge is -2.34. The summed E-state index contributed by atoms with van der Waals surface area (Å²) >= 11 is 6.36. The highest BCUT2D eigenvalue weighted by Crippen LogP contribution is 2.33. The minimum Gasteiger partial charge on any atom is -0.495 e. The number of anilines is 5. The van der Waals surface area contributed by atoms with Crippen LogP contribution in [0.2, 0.25) is 5.02 Å². The van der Waals surface area contributed by atoms with Crippen LogP contribution in [0.15, 0.2) is 48.7 Å². The molecule has 13 heteroatoms. The number of sulfonamides is 1. The van der Waals surface area contributed by atoms with Gasteiger partial charge in [0.1, 0.15) is 10.8 Å².